The molecular weight excluding hydrogens is 412 g/mol. The monoisotopic (exact) mass is 432 g/mol. The molecule has 0 aliphatic carbocycles. The molecule has 0 bridgehead atoms. The van der Waals surface area contributed by atoms with Gasteiger partial charge in [-0.25, -0.2) is 8.42 Å². The zero-order chi connectivity index (χ0) is 20.8. The Kier molecular flexibility index (Phi) is 4.93. The number of hydrogen-bond acceptors (Lipinski definition) is 5. The summed E-state index contributed by atoms with van der Waals surface area (Å²) >= 11 is 1.52. The van der Waals surface area contributed by atoms with Crippen molar-refractivity contribution >= 4 is 43.3 Å². The number of piperazine rings is 1. The van der Waals surface area contributed by atoms with E-state index in [2.05, 4.69) is 0 Å². The smallest absolute Gasteiger partial charge is 0.265 e. The molecule has 29 heavy (non-hydrogen) atoms. The highest BCUT2D eigenvalue weighted by molar-refractivity contribution is 7.89. The number of aromatic nitrogens is 1. The summed E-state index contributed by atoms with van der Waals surface area (Å²) in [5.41, 5.74) is 6.05. The van der Waals surface area contributed by atoms with Crippen molar-refractivity contribution in [2.75, 3.05) is 26.2 Å². The topological polar surface area (TPSA) is 106 Å². The van der Waals surface area contributed by atoms with E-state index >= 15 is 0 Å². The van der Waals surface area contributed by atoms with Crippen molar-refractivity contribution in [1.82, 2.24) is 13.8 Å². The third-order valence-corrected chi connectivity index (χ3v) is 7.93. The molecule has 3 heterocycles. The SMILES string of the molecule is Cn1cc(S(=O)(=O)N2CCN(C(=O)c3csc4ccccc34)CC2)cc1C(N)=O. The normalized spacial score (nSPS) is 15.7. The van der Waals surface area contributed by atoms with Gasteiger partial charge in [0.15, 0.2) is 0 Å². The van der Waals surface area contributed by atoms with Gasteiger partial charge >= 0.3 is 0 Å². The zero-order valence-corrected chi connectivity index (χ0v) is 17.4. The minimum atomic E-state index is -3.77. The molecule has 10 heteroatoms. The maximum absolute atomic E-state index is 12.9. The number of primary amides is 1. The Hall–Kier alpha value is -2.69. The van der Waals surface area contributed by atoms with E-state index in [0.717, 1.165) is 10.1 Å². The van der Waals surface area contributed by atoms with Gasteiger partial charge in [0, 0.05) is 54.9 Å². The summed E-state index contributed by atoms with van der Waals surface area (Å²) in [6.45, 7) is 0.989. The molecule has 1 saturated heterocycles. The van der Waals surface area contributed by atoms with E-state index in [-0.39, 0.29) is 29.6 Å². The van der Waals surface area contributed by atoms with E-state index < -0.39 is 15.9 Å². The average molecular weight is 433 g/mol. The largest absolute Gasteiger partial charge is 0.364 e. The lowest BCUT2D eigenvalue weighted by atomic mass is 10.1. The third-order valence-electron chi connectivity index (χ3n) is 5.11. The van der Waals surface area contributed by atoms with Gasteiger partial charge in [-0.05, 0) is 12.1 Å². The van der Waals surface area contributed by atoms with Gasteiger partial charge in [-0.3, -0.25) is 9.59 Å². The van der Waals surface area contributed by atoms with Gasteiger partial charge < -0.3 is 15.2 Å². The molecule has 1 aliphatic rings. The molecular formula is C19H20N4O4S2. The molecule has 8 nitrogen and oxygen atoms in total. The summed E-state index contributed by atoms with van der Waals surface area (Å²) in [6.07, 6.45) is 1.38. The first-order valence-corrected chi connectivity index (χ1v) is 11.3. The van der Waals surface area contributed by atoms with Crippen LogP contribution >= 0.6 is 11.3 Å². The fourth-order valence-electron chi connectivity index (χ4n) is 3.51. The molecule has 0 radical (unpaired) electrons. The molecule has 0 atom stereocenters. The molecule has 3 aromatic rings. The van der Waals surface area contributed by atoms with Crippen LogP contribution in [0, 0.1) is 0 Å². The van der Waals surface area contributed by atoms with E-state index in [4.69, 9.17) is 5.73 Å². The van der Waals surface area contributed by atoms with Crippen molar-refractivity contribution in [1.29, 1.82) is 0 Å². The molecule has 2 amide bonds. The summed E-state index contributed by atoms with van der Waals surface area (Å²) in [5.74, 6) is -0.775. The third kappa shape index (κ3) is 3.43. The van der Waals surface area contributed by atoms with Crippen LogP contribution in [0.2, 0.25) is 0 Å². The number of rotatable bonds is 4. The molecule has 4 rings (SSSR count). The number of hydrogen-bond donors (Lipinski definition) is 1. The van der Waals surface area contributed by atoms with Gasteiger partial charge in [0.25, 0.3) is 11.8 Å². The zero-order valence-electron chi connectivity index (χ0n) is 15.7. The number of aryl methyl sites for hydroxylation is 1. The molecule has 0 unspecified atom stereocenters. The summed E-state index contributed by atoms with van der Waals surface area (Å²) in [6, 6.07) is 9.01. The van der Waals surface area contributed by atoms with E-state index in [9.17, 15) is 18.0 Å². The number of sulfonamides is 1. The molecule has 152 valence electrons. The van der Waals surface area contributed by atoms with Crippen LogP contribution in [0.4, 0.5) is 0 Å². The number of carbonyl (C=O) groups is 2. The van der Waals surface area contributed by atoms with Crippen molar-refractivity contribution in [3.8, 4) is 0 Å². The quantitative estimate of drug-likeness (QED) is 0.674. The van der Waals surface area contributed by atoms with Crippen molar-refractivity contribution in [2.24, 2.45) is 12.8 Å². The van der Waals surface area contributed by atoms with Crippen molar-refractivity contribution in [3.05, 3.63) is 53.2 Å². The Labute approximate surface area is 172 Å². The van der Waals surface area contributed by atoms with E-state index in [0.29, 0.717) is 18.7 Å². The van der Waals surface area contributed by atoms with E-state index in [1.807, 2.05) is 29.6 Å². The van der Waals surface area contributed by atoms with Crippen LogP contribution in [0.25, 0.3) is 10.1 Å². The maximum Gasteiger partial charge on any atom is 0.265 e. The molecule has 0 saturated carbocycles. The fraction of sp³-hybridized carbons (Fsp3) is 0.263. The molecule has 2 aromatic heterocycles. The highest BCUT2D eigenvalue weighted by Crippen LogP contribution is 2.27. The number of thiophene rings is 1. The second-order valence-electron chi connectivity index (χ2n) is 6.88. The van der Waals surface area contributed by atoms with Crippen molar-refractivity contribution < 1.29 is 18.0 Å². The van der Waals surface area contributed by atoms with Crippen molar-refractivity contribution in [3.63, 3.8) is 0 Å². The fourth-order valence-corrected chi connectivity index (χ4v) is 5.94. The Bertz CT molecular complexity index is 1200. The molecule has 2 N–H and O–H groups in total. The molecule has 1 fully saturated rings. The minimum Gasteiger partial charge on any atom is -0.364 e. The predicted molar refractivity (Wildman–Crippen MR) is 110 cm³/mol. The Morgan fingerprint density at radius 2 is 1.79 bits per heavy atom. The van der Waals surface area contributed by atoms with Crippen LogP contribution in [0.5, 0.6) is 0 Å². The van der Waals surface area contributed by atoms with Gasteiger partial charge in [-0.2, -0.15) is 4.31 Å². The number of nitrogens with zero attached hydrogens (tertiary/aromatic N) is 3. The van der Waals surface area contributed by atoms with Crippen LogP contribution < -0.4 is 5.73 Å². The Morgan fingerprint density at radius 1 is 1.10 bits per heavy atom. The van der Waals surface area contributed by atoms with Gasteiger partial charge in [-0.1, -0.05) is 18.2 Å². The van der Waals surface area contributed by atoms with Crippen LogP contribution in [0.3, 0.4) is 0 Å². The minimum absolute atomic E-state index is 0.0254. The molecule has 0 spiro atoms. The highest BCUT2D eigenvalue weighted by atomic mass is 32.2. The number of fused-ring (bicyclic) bond motifs is 1. The lowest BCUT2D eigenvalue weighted by molar-refractivity contribution is 0.0700. The van der Waals surface area contributed by atoms with Crippen LogP contribution in [0.15, 0.2) is 46.8 Å². The summed E-state index contributed by atoms with van der Waals surface area (Å²) in [4.78, 5) is 26.1. The first-order valence-electron chi connectivity index (χ1n) is 9.01. The predicted octanol–water partition coefficient (Wildman–Crippen LogP) is 1.49. The van der Waals surface area contributed by atoms with Crippen LogP contribution in [0.1, 0.15) is 20.8 Å². The summed E-state index contributed by atoms with van der Waals surface area (Å²) in [5, 5.41) is 2.77. The van der Waals surface area contributed by atoms with Crippen LogP contribution in [-0.4, -0.2) is 60.2 Å². The Balaban J connectivity index is 1.49. The summed E-state index contributed by atoms with van der Waals surface area (Å²) < 4.78 is 29.6. The lowest BCUT2D eigenvalue weighted by Crippen LogP contribution is -2.50. The number of nitrogens with two attached hydrogens (primary N) is 1. The second kappa shape index (κ2) is 7.29. The lowest BCUT2D eigenvalue weighted by Gasteiger charge is -2.33. The van der Waals surface area contributed by atoms with Gasteiger partial charge in [0.2, 0.25) is 10.0 Å². The highest BCUT2D eigenvalue weighted by Gasteiger charge is 2.32. The van der Waals surface area contributed by atoms with Crippen molar-refractivity contribution in [2.45, 2.75) is 4.90 Å². The second-order valence-corrected chi connectivity index (χ2v) is 9.73. The molecule has 1 aliphatic heterocycles. The average Bonchev–Trinajstić information content (AvgIpc) is 3.31. The molecule has 1 aromatic carbocycles. The Morgan fingerprint density at radius 3 is 2.45 bits per heavy atom. The van der Waals surface area contributed by atoms with Gasteiger partial charge in [-0.15, -0.1) is 11.3 Å². The maximum atomic E-state index is 12.9. The first kappa shape index (κ1) is 19.6. The summed E-state index contributed by atoms with van der Waals surface area (Å²) in [7, 11) is -2.20. The number of benzene rings is 1. The van der Waals surface area contributed by atoms with Gasteiger partial charge in [0.05, 0.1) is 5.56 Å². The number of amides is 2. The number of carbonyl (C=O) groups excluding carboxylic acids is 2. The van der Waals surface area contributed by atoms with Gasteiger partial charge in [0.1, 0.15) is 10.6 Å². The van der Waals surface area contributed by atoms with Crippen LogP contribution in [-0.2, 0) is 17.1 Å². The van der Waals surface area contributed by atoms with E-state index in [1.54, 1.807) is 11.9 Å². The standard InChI is InChI=1S/C19H20N4O4S2/c1-21-11-13(10-16(21)18(20)24)29(26,27)23-8-6-22(7-9-23)19(25)15-12-28-17-5-3-2-4-14(15)17/h2-5,10-12H,6-9H2,1H3,(H2,20,24). The van der Waals surface area contributed by atoms with E-state index in [1.165, 1.54) is 32.5 Å². The first-order chi connectivity index (χ1) is 13.8.